The first kappa shape index (κ1) is 16.3. The Bertz CT molecular complexity index is 379. The van der Waals surface area contributed by atoms with E-state index in [1.165, 1.54) is 0 Å². The van der Waals surface area contributed by atoms with Gasteiger partial charge in [0.05, 0.1) is 12.1 Å². The summed E-state index contributed by atoms with van der Waals surface area (Å²) in [5, 5.41) is 9.91. The van der Waals surface area contributed by atoms with Crippen LogP contribution in [0.25, 0.3) is 0 Å². The van der Waals surface area contributed by atoms with Crippen molar-refractivity contribution in [3.05, 3.63) is 35.4 Å². The van der Waals surface area contributed by atoms with Crippen molar-refractivity contribution in [1.29, 1.82) is 0 Å². The van der Waals surface area contributed by atoms with Crippen molar-refractivity contribution in [2.45, 2.75) is 32.9 Å². The van der Waals surface area contributed by atoms with Gasteiger partial charge in [0.15, 0.2) is 0 Å². The fraction of sp³-hybridized carbons (Fsp3) is 0.500. The van der Waals surface area contributed by atoms with E-state index < -0.39 is 29.2 Å². The SMILES string of the molecule is CC(C)(C)[C@@H](O)[C@@H](N)c1cc(F)ccc1F.Cl. The summed E-state index contributed by atoms with van der Waals surface area (Å²) in [5.74, 6) is -1.16. The van der Waals surface area contributed by atoms with Gasteiger partial charge in [-0.15, -0.1) is 12.4 Å². The fourth-order valence-electron chi connectivity index (χ4n) is 1.48. The zero-order valence-electron chi connectivity index (χ0n) is 10.1. The third-order valence-electron chi connectivity index (χ3n) is 2.54. The first-order valence-electron chi connectivity index (χ1n) is 5.12. The molecule has 1 aromatic rings. The van der Waals surface area contributed by atoms with Crippen molar-refractivity contribution in [1.82, 2.24) is 0 Å². The van der Waals surface area contributed by atoms with Crippen LogP contribution in [0.4, 0.5) is 8.78 Å². The smallest absolute Gasteiger partial charge is 0.128 e. The Balaban J connectivity index is 0.00000256. The molecule has 2 nitrogen and oxygen atoms in total. The third-order valence-corrected chi connectivity index (χ3v) is 2.54. The second-order valence-electron chi connectivity index (χ2n) is 5.00. The largest absolute Gasteiger partial charge is 0.391 e. The molecule has 5 heteroatoms. The van der Waals surface area contributed by atoms with Crippen molar-refractivity contribution in [2.24, 2.45) is 11.1 Å². The van der Waals surface area contributed by atoms with Crippen LogP contribution in [-0.2, 0) is 0 Å². The quantitative estimate of drug-likeness (QED) is 0.864. The molecule has 0 radical (unpaired) electrons. The highest BCUT2D eigenvalue weighted by Gasteiger charge is 2.30. The number of aliphatic hydroxyl groups is 1. The Morgan fingerprint density at radius 1 is 1.24 bits per heavy atom. The lowest BCUT2D eigenvalue weighted by Crippen LogP contribution is -2.37. The fourth-order valence-corrected chi connectivity index (χ4v) is 1.48. The van der Waals surface area contributed by atoms with Crippen LogP contribution in [-0.4, -0.2) is 11.2 Å². The van der Waals surface area contributed by atoms with Gasteiger partial charge in [-0.2, -0.15) is 0 Å². The van der Waals surface area contributed by atoms with Gasteiger partial charge < -0.3 is 10.8 Å². The minimum absolute atomic E-state index is 0. The standard InChI is InChI=1S/C12H17F2NO.ClH/c1-12(2,3)11(16)10(15)8-6-7(13)4-5-9(8)14;/h4-6,10-11,16H,15H2,1-3H3;1H/t10-,11-;/m0./s1. The highest BCUT2D eigenvalue weighted by Crippen LogP contribution is 2.29. The Kier molecular flexibility index (Phi) is 5.52. The van der Waals surface area contributed by atoms with Crippen LogP contribution in [0.2, 0.25) is 0 Å². The van der Waals surface area contributed by atoms with Gasteiger partial charge >= 0.3 is 0 Å². The number of hydrogen-bond acceptors (Lipinski definition) is 2. The molecule has 1 rings (SSSR count). The number of nitrogens with two attached hydrogens (primary N) is 1. The van der Waals surface area contributed by atoms with E-state index in [2.05, 4.69) is 0 Å². The van der Waals surface area contributed by atoms with Gasteiger partial charge in [-0.05, 0) is 23.6 Å². The summed E-state index contributed by atoms with van der Waals surface area (Å²) >= 11 is 0. The molecule has 98 valence electrons. The zero-order valence-corrected chi connectivity index (χ0v) is 10.9. The molecule has 0 aromatic heterocycles. The Labute approximate surface area is 106 Å². The van der Waals surface area contributed by atoms with Crippen LogP contribution >= 0.6 is 12.4 Å². The summed E-state index contributed by atoms with van der Waals surface area (Å²) < 4.78 is 26.4. The van der Waals surface area contributed by atoms with E-state index in [1.807, 2.05) is 0 Å². The lowest BCUT2D eigenvalue weighted by molar-refractivity contribution is 0.0391. The summed E-state index contributed by atoms with van der Waals surface area (Å²) in [6.07, 6.45) is -0.941. The molecule has 1 aromatic carbocycles. The molecule has 0 amide bonds. The molecule has 0 aliphatic carbocycles. The van der Waals surface area contributed by atoms with Crippen LogP contribution in [0.5, 0.6) is 0 Å². The predicted octanol–water partition coefficient (Wildman–Crippen LogP) is 2.79. The summed E-state index contributed by atoms with van der Waals surface area (Å²) in [6, 6.07) is 2.12. The number of hydrogen-bond donors (Lipinski definition) is 2. The van der Waals surface area contributed by atoms with Crippen molar-refractivity contribution in [2.75, 3.05) is 0 Å². The van der Waals surface area contributed by atoms with Gasteiger partial charge in [0.1, 0.15) is 11.6 Å². The monoisotopic (exact) mass is 265 g/mol. The predicted molar refractivity (Wildman–Crippen MR) is 66.0 cm³/mol. The zero-order chi connectivity index (χ0) is 12.5. The molecule has 0 spiro atoms. The first-order chi connectivity index (χ1) is 7.23. The van der Waals surface area contributed by atoms with Gasteiger partial charge in [0.25, 0.3) is 0 Å². The summed E-state index contributed by atoms with van der Waals surface area (Å²) in [4.78, 5) is 0. The lowest BCUT2D eigenvalue weighted by atomic mass is 9.82. The van der Waals surface area contributed by atoms with Gasteiger partial charge in [-0.3, -0.25) is 0 Å². The van der Waals surface area contributed by atoms with Crippen molar-refractivity contribution in [3.8, 4) is 0 Å². The van der Waals surface area contributed by atoms with Crippen LogP contribution in [0, 0.1) is 17.0 Å². The summed E-state index contributed by atoms with van der Waals surface area (Å²) in [5.41, 5.74) is 5.25. The van der Waals surface area contributed by atoms with Crippen LogP contribution < -0.4 is 5.73 Å². The molecule has 0 saturated carbocycles. The van der Waals surface area contributed by atoms with E-state index >= 15 is 0 Å². The maximum absolute atomic E-state index is 13.4. The first-order valence-corrected chi connectivity index (χ1v) is 5.12. The minimum atomic E-state index is -0.941. The molecule has 0 heterocycles. The Morgan fingerprint density at radius 3 is 2.24 bits per heavy atom. The molecule has 2 atom stereocenters. The highest BCUT2D eigenvalue weighted by molar-refractivity contribution is 5.85. The van der Waals surface area contributed by atoms with Gasteiger partial charge in [-0.25, -0.2) is 8.78 Å². The van der Waals surface area contributed by atoms with Gasteiger partial charge in [-0.1, -0.05) is 20.8 Å². The highest BCUT2D eigenvalue weighted by atomic mass is 35.5. The molecular weight excluding hydrogens is 248 g/mol. The topological polar surface area (TPSA) is 46.2 Å². The molecule has 3 N–H and O–H groups in total. The molecule has 0 fully saturated rings. The third kappa shape index (κ3) is 3.91. The van der Waals surface area contributed by atoms with Crippen LogP contribution in [0.1, 0.15) is 32.4 Å². The van der Waals surface area contributed by atoms with E-state index in [4.69, 9.17) is 5.73 Å². The average Bonchev–Trinajstić information content (AvgIpc) is 2.18. The lowest BCUT2D eigenvalue weighted by Gasteiger charge is -2.31. The number of benzene rings is 1. The molecule has 0 bridgehead atoms. The number of aliphatic hydroxyl groups excluding tert-OH is 1. The van der Waals surface area contributed by atoms with Crippen LogP contribution in [0.15, 0.2) is 18.2 Å². The minimum Gasteiger partial charge on any atom is -0.391 e. The maximum Gasteiger partial charge on any atom is 0.128 e. The Morgan fingerprint density at radius 2 is 1.76 bits per heavy atom. The molecule has 17 heavy (non-hydrogen) atoms. The molecule has 0 aliphatic rings. The van der Waals surface area contributed by atoms with Crippen molar-refractivity contribution < 1.29 is 13.9 Å². The van der Waals surface area contributed by atoms with E-state index in [-0.39, 0.29) is 18.0 Å². The van der Waals surface area contributed by atoms with Gasteiger partial charge in [0, 0.05) is 5.56 Å². The van der Waals surface area contributed by atoms with Crippen LogP contribution in [0.3, 0.4) is 0 Å². The van der Waals surface area contributed by atoms with E-state index in [0.29, 0.717) is 0 Å². The van der Waals surface area contributed by atoms with E-state index in [9.17, 15) is 13.9 Å². The molecule has 0 unspecified atom stereocenters. The van der Waals surface area contributed by atoms with Crippen molar-refractivity contribution >= 4 is 12.4 Å². The van der Waals surface area contributed by atoms with Crippen molar-refractivity contribution in [3.63, 3.8) is 0 Å². The van der Waals surface area contributed by atoms with E-state index in [1.54, 1.807) is 20.8 Å². The Hall–Kier alpha value is -0.710. The normalized spacial score (nSPS) is 15.0. The summed E-state index contributed by atoms with van der Waals surface area (Å²) in [7, 11) is 0. The molecular formula is C12H18ClF2NO. The maximum atomic E-state index is 13.4. The summed E-state index contributed by atoms with van der Waals surface area (Å²) in [6.45, 7) is 5.36. The van der Waals surface area contributed by atoms with E-state index in [0.717, 1.165) is 18.2 Å². The number of rotatable bonds is 2. The second-order valence-corrected chi connectivity index (χ2v) is 5.00. The molecule has 0 aliphatic heterocycles. The van der Waals surface area contributed by atoms with Gasteiger partial charge in [0.2, 0.25) is 0 Å². The average molecular weight is 266 g/mol. The molecule has 0 saturated heterocycles. The second kappa shape index (κ2) is 5.76. The number of halogens is 3.